The van der Waals surface area contributed by atoms with Crippen LogP contribution in [0.2, 0.25) is 19.6 Å². The van der Waals surface area contributed by atoms with Crippen molar-refractivity contribution in [1.82, 2.24) is 5.32 Å². The Labute approximate surface area is 290 Å². The van der Waals surface area contributed by atoms with Gasteiger partial charge in [-0.15, -0.1) is 6.58 Å². The predicted octanol–water partition coefficient (Wildman–Crippen LogP) is 8.58. The summed E-state index contributed by atoms with van der Waals surface area (Å²) >= 11 is 0. The molecule has 4 heterocycles. The third kappa shape index (κ3) is 4.98. The molecule has 2 fully saturated rings. The Bertz CT molecular complexity index is 1860. The molecule has 4 aliphatic rings. The molecule has 2 aromatic heterocycles. The van der Waals surface area contributed by atoms with E-state index < -0.39 is 8.07 Å². The lowest BCUT2D eigenvalue weighted by atomic mass is 9.48. The molecule has 250 valence electrons. The second-order valence-corrected chi connectivity index (χ2v) is 21.4. The number of fused-ring (bicyclic) bond motifs is 9. The predicted molar refractivity (Wildman–Crippen MR) is 201 cm³/mol. The maximum atomic E-state index is 6.16. The van der Waals surface area contributed by atoms with Gasteiger partial charge in [-0.25, -0.2) is 0 Å². The highest BCUT2D eigenvalue weighted by Crippen LogP contribution is 2.65. The summed E-state index contributed by atoms with van der Waals surface area (Å²) in [5.74, 6) is 2.89. The average Bonchev–Trinajstić information content (AvgIpc) is 3.56. The number of rotatable bonds is 9. The minimum atomic E-state index is -1.63. The Hall–Kier alpha value is -3.70. The number of nitrogens with zero attached hydrogens (tertiary/aromatic N) is 2. The SMILES string of the molecule is C=CC1C2C(c3ccccc3-c3cc(CC4CCCC4)c([Si](C)(C)C)c[n+]32)C12CC(C)=C(C(=C)OC(=C)NC)c1cc(C(C)C)cc[n+]12. The molecule has 0 saturated heterocycles. The van der Waals surface area contributed by atoms with Crippen LogP contribution in [0, 0.1) is 11.8 Å². The van der Waals surface area contributed by atoms with Crippen LogP contribution < -0.4 is 19.6 Å². The molecule has 4 atom stereocenters. The number of nitrogens with one attached hydrogen (secondary N) is 1. The minimum absolute atomic E-state index is 0.201. The van der Waals surface area contributed by atoms with Gasteiger partial charge in [-0.1, -0.05) is 90.0 Å². The monoisotopic (exact) mass is 657 g/mol. The average molecular weight is 658 g/mol. The van der Waals surface area contributed by atoms with Crippen LogP contribution in [0.1, 0.15) is 93.1 Å². The third-order valence-electron chi connectivity index (χ3n) is 12.1. The summed E-state index contributed by atoms with van der Waals surface area (Å²) in [7, 11) is 0.202. The molecule has 0 bridgehead atoms. The summed E-state index contributed by atoms with van der Waals surface area (Å²) in [6.07, 6.45) is 14.9. The molecule has 2 aliphatic heterocycles. The quantitative estimate of drug-likeness (QED) is 0.108. The first-order valence-electron chi connectivity index (χ1n) is 18.2. The molecule has 7 rings (SSSR count). The van der Waals surface area contributed by atoms with Gasteiger partial charge in [0.15, 0.2) is 29.9 Å². The molecule has 0 radical (unpaired) electrons. The molecular formula is C43H55N3OSi+2. The van der Waals surface area contributed by atoms with Crippen LogP contribution in [0.4, 0.5) is 0 Å². The van der Waals surface area contributed by atoms with Gasteiger partial charge >= 0.3 is 0 Å². The van der Waals surface area contributed by atoms with Crippen LogP contribution in [0.25, 0.3) is 16.8 Å². The summed E-state index contributed by atoms with van der Waals surface area (Å²) in [5, 5.41) is 4.67. The smallest absolute Gasteiger partial charge is 0.217 e. The fourth-order valence-corrected chi connectivity index (χ4v) is 11.5. The third-order valence-corrected chi connectivity index (χ3v) is 14.2. The highest BCUT2D eigenvalue weighted by Gasteiger charge is 2.76. The number of ether oxygens (including phenoxy) is 1. The largest absolute Gasteiger partial charge is 0.442 e. The zero-order valence-corrected chi connectivity index (χ0v) is 31.3. The van der Waals surface area contributed by atoms with E-state index in [-0.39, 0.29) is 17.4 Å². The molecule has 1 aromatic carbocycles. The van der Waals surface area contributed by atoms with Crippen LogP contribution in [0.3, 0.4) is 0 Å². The molecular weight excluding hydrogens is 603 g/mol. The molecule has 1 spiro atoms. The Morgan fingerprint density at radius 2 is 1.81 bits per heavy atom. The Kier molecular flexibility index (Phi) is 8.22. The Morgan fingerprint density at radius 1 is 1.08 bits per heavy atom. The topological polar surface area (TPSA) is 29.0 Å². The first kappa shape index (κ1) is 32.8. The fourth-order valence-electron chi connectivity index (χ4n) is 9.88. The van der Waals surface area contributed by atoms with E-state index in [1.165, 1.54) is 65.8 Å². The molecule has 5 heteroatoms. The lowest BCUT2D eigenvalue weighted by Gasteiger charge is -2.56. The van der Waals surface area contributed by atoms with E-state index in [0.717, 1.165) is 17.9 Å². The van der Waals surface area contributed by atoms with Crippen molar-refractivity contribution in [1.29, 1.82) is 0 Å². The molecule has 2 saturated carbocycles. The lowest BCUT2D eigenvalue weighted by Crippen LogP contribution is -2.79. The highest BCUT2D eigenvalue weighted by molar-refractivity contribution is 6.89. The van der Waals surface area contributed by atoms with Crippen molar-refractivity contribution in [3.63, 3.8) is 0 Å². The number of benzene rings is 1. The molecule has 0 amide bonds. The van der Waals surface area contributed by atoms with E-state index >= 15 is 0 Å². The fraction of sp³-hybridized carbons (Fsp3) is 0.442. The van der Waals surface area contributed by atoms with E-state index in [1.807, 2.05) is 7.05 Å². The van der Waals surface area contributed by atoms with E-state index in [1.54, 1.807) is 10.8 Å². The molecule has 1 N–H and O–H groups in total. The van der Waals surface area contributed by atoms with Gasteiger partial charge in [-0.3, -0.25) is 0 Å². The summed E-state index contributed by atoms with van der Waals surface area (Å²) in [6, 6.07) is 16.9. The van der Waals surface area contributed by atoms with Crippen LogP contribution in [0.15, 0.2) is 97.9 Å². The van der Waals surface area contributed by atoms with Gasteiger partial charge in [0.25, 0.3) is 0 Å². The van der Waals surface area contributed by atoms with Gasteiger partial charge in [0, 0.05) is 36.9 Å². The van der Waals surface area contributed by atoms with Crippen LogP contribution in [0.5, 0.6) is 0 Å². The van der Waals surface area contributed by atoms with E-state index in [2.05, 4.69) is 136 Å². The van der Waals surface area contributed by atoms with Gasteiger partial charge in [0.05, 0.1) is 19.2 Å². The van der Waals surface area contributed by atoms with Gasteiger partial charge in [0.1, 0.15) is 17.6 Å². The molecule has 4 nitrogen and oxygen atoms in total. The van der Waals surface area contributed by atoms with Crippen LogP contribution >= 0.6 is 0 Å². The summed E-state index contributed by atoms with van der Waals surface area (Å²) in [5.41, 5.74) is 10.5. The summed E-state index contributed by atoms with van der Waals surface area (Å²) in [4.78, 5) is 0. The zero-order valence-electron chi connectivity index (χ0n) is 30.3. The van der Waals surface area contributed by atoms with Crippen molar-refractivity contribution in [2.45, 2.75) is 102 Å². The Morgan fingerprint density at radius 3 is 2.48 bits per heavy atom. The first-order chi connectivity index (χ1) is 22.9. The number of allylic oxidation sites excluding steroid dienone is 3. The van der Waals surface area contributed by atoms with E-state index in [0.29, 0.717) is 23.6 Å². The van der Waals surface area contributed by atoms with Gasteiger partial charge < -0.3 is 10.1 Å². The zero-order chi connectivity index (χ0) is 34.1. The standard InChI is InChI=1S/C43H55N3OSi/c1-11-36-42-41(43(36)25-28(4)40(29(5)47-30(6)44-7)38-23-32(27(2)3)20-21-46(38)43)35-19-15-14-18-34(35)37-24-33(22-31-16-12-13-17-31)39(26-45(37)42)48(8,9)10/h11,14-15,18-21,23-24,26-27,31,36,41-42,44H,1,5-6,12-13,16-17,22,25H2,2-4,7-10H3/q+2. The highest BCUT2D eigenvalue weighted by atomic mass is 28.3. The van der Waals surface area contributed by atoms with E-state index in [9.17, 15) is 0 Å². The normalized spacial score (nSPS) is 24.4. The molecule has 4 unspecified atom stereocenters. The second kappa shape index (κ2) is 12.0. The van der Waals surface area contributed by atoms with Crippen LogP contribution in [-0.2, 0) is 16.7 Å². The molecule has 2 aliphatic carbocycles. The van der Waals surface area contributed by atoms with Crippen molar-refractivity contribution in [2.24, 2.45) is 11.8 Å². The van der Waals surface area contributed by atoms with Crippen molar-refractivity contribution >= 4 is 18.8 Å². The van der Waals surface area contributed by atoms with Gasteiger partial charge in [-0.05, 0) is 60.1 Å². The van der Waals surface area contributed by atoms with Crippen LogP contribution in [-0.4, -0.2) is 15.1 Å². The molecule has 48 heavy (non-hydrogen) atoms. The first-order valence-corrected chi connectivity index (χ1v) is 21.7. The van der Waals surface area contributed by atoms with Crippen molar-refractivity contribution in [3.05, 3.63) is 120 Å². The number of aromatic nitrogens is 2. The summed E-state index contributed by atoms with van der Waals surface area (Å²) < 4.78 is 11.4. The number of pyridine rings is 2. The van der Waals surface area contributed by atoms with E-state index in [4.69, 9.17) is 4.74 Å². The Balaban J connectivity index is 1.43. The van der Waals surface area contributed by atoms with Crippen molar-refractivity contribution in [3.8, 4) is 11.3 Å². The maximum Gasteiger partial charge on any atom is 0.217 e. The number of hydrogen-bond donors (Lipinski definition) is 1. The van der Waals surface area contributed by atoms with Gasteiger partial charge in [0.2, 0.25) is 11.4 Å². The lowest BCUT2D eigenvalue weighted by molar-refractivity contribution is -0.843. The maximum absolute atomic E-state index is 6.16. The van der Waals surface area contributed by atoms with Gasteiger partial charge in [-0.2, -0.15) is 9.13 Å². The van der Waals surface area contributed by atoms with Crippen molar-refractivity contribution < 1.29 is 13.9 Å². The summed E-state index contributed by atoms with van der Waals surface area (Å²) in [6.45, 7) is 27.4. The van der Waals surface area contributed by atoms with Crippen molar-refractivity contribution in [2.75, 3.05) is 7.05 Å². The molecule has 3 aromatic rings. The minimum Gasteiger partial charge on any atom is -0.442 e. The second-order valence-electron chi connectivity index (χ2n) is 16.3. The number of hydrogen-bond acceptors (Lipinski definition) is 2.